The van der Waals surface area contributed by atoms with Gasteiger partial charge in [0.1, 0.15) is 34.2 Å². The minimum Gasteiger partial charge on any atom is -0.507 e. The van der Waals surface area contributed by atoms with E-state index in [1.54, 1.807) is 71.3 Å². The number of halogens is 1. The third-order valence-electron chi connectivity index (χ3n) is 8.03. The van der Waals surface area contributed by atoms with Gasteiger partial charge in [-0.15, -0.1) is 11.6 Å². The number of phenols is 1. The normalized spacial score (nSPS) is 14.5. The summed E-state index contributed by atoms with van der Waals surface area (Å²) < 4.78 is 13.2. The molecule has 232 valence electrons. The van der Waals surface area contributed by atoms with Crippen LogP contribution in [0, 0.1) is 0 Å². The maximum absolute atomic E-state index is 13.8. The largest absolute Gasteiger partial charge is 0.507 e. The number of alkyl halides is 1. The van der Waals surface area contributed by atoms with Gasteiger partial charge in [-0.25, -0.2) is 4.98 Å². The van der Waals surface area contributed by atoms with Crippen molar-refractivity contribution in [1.82, 2.24) is 9.38 Å². The molecule has 3 heterocycles. The highest BCUT2D eigenvalue weighted by Gasteiger charge is 2.36. The number of imidazole rings is 1. The summed E-state index contributed by atoms with van der Waals surface area (Å²) >= 11 is 6.39. The molecule has 0 fully saturated rings. The van der Waals surface area contributed by atoms with Gasteiger partial charge in [0.15, 0.2) is 0 Å². The zero-order chi connectivity index (χ0) is 31.9. The maximum atomic E-state index is 13.8. The van der Waals surface area contributed by atoms with Crippen molar-refractivity contribution in [3.05, 3.63) is 89.9 Å². The Morgan fingerprint density at radius 3 is 2.60 bits per heavy atom. The molecule has 0 bridgehead atoms. The zero-order valence-electron chi connectivity index (χ0n) is 25.1. The third-order valence-corrected chi connectivity index (χ3v) is 8.40. The van der Waals surface area contributed by atoms with E-state index >= 15 is 0 Å². The van der Waals surface area contributed by atoms with E-state index in [-0.39, 0.29) is 41.7 Å². The summed E-state index contributed by atoms with van der Waals surface area (Å²) in [6.45, 7) is 4.12. The smallest absolute Gasteiger partial charge is 0.278 e. The van der Waals surface area contributed by atoms with Gasteiger partial charge in [-0.05, 0) is 61.9 Å². The van der Waals surface area contributed by atoms with Crippen LogP contribution in [0.15, 0.2) is 73.1 Å². The molecular formula is C34H33ClN4O6. The number of amides is 2. The van der Waals surface area contributed by atoms with Crippen molar-refractivity contribution >= 4 is 51.2 Å². The Morgan fingerprint density at radius 2 is 1.89 bits per heavy atom. The number of hydrogen-bond donors (Lipinski definition) is 3. The number of carbonyl (C=O) groups is 2. The number of fused-ring (bicyclic) bond motifs is 4. The SMILES string of the molecule is COc1cccc2c(O)cc3c(c12)C(CCl)CN3C(=O)c1cn2cc(NC(=O)c3ccc(OC(C)(C)CCO)cc3)ccc2n1. The van der Waals surface area contributed by atoms with Crippen LogP contribution in [0.4, 0.5) is 11.4 Å². The molecule has 5 aromatic rings. The summed E-state index contributed by atoms with van der Waals surface area (Å²) in [4.78, 5) is 32.9. The van der Waals surface area contributed by atoms with Crippen LogP contribution in [-0.4, -0.2) is 63.2 Å². The number of ether oxygens (including phenoxy) is 2. The zero-order valence-corrected chi connectivity index (χ0v) is 25.8. The predicted octanol–water partition coefficient (Wildman–Crippen LogP) is 5.98. The highest BCUT2D eigenvalue weighted by molar-refractivity contribution is 6.19. The lowest BCUT2D eigenvalue weighted by Crippen LogP contribution is -2.30. The summed E-state index contributed by atoms with van der Waals surface area (Å²) in [5.41, 5.74) is 2.58. The number of hydrogen-bond acceptors (Lipinski definition) is 7. The molecule has 1 aliphatic rings. The van der Waals surface area contributed by atoms with Crippen molar-refractivity contribution < 1.29 is 29.3 Å². The van der Waals surface area contributed by atoms with Crippen molar-refractivity contribution in [1.29, 1.82) is 0 Å². The quantitative estimate of drug-likeness (QED) is 0.172. The van der Waals surface area contributed by atoms with Crippen LogP contribution in [0.2, 0.25) is 0 Å². The number of rotatable bonds is 9. The molecule has 1 unspecified atom stereocenters. The number of methoxy groups -OCH3 is 1. The van der Waals surface area contributed by atoms with Crippen LogP contribution in [0.25, 0.3) is 16.4 Å². The monoisotopic (exact) mass is 628 g/mol. The van der Waals surface area contributed by atoms with E-state index in [2.05, 4.69) is 10.3 Å². The Balaban J connectivity index is 1.23. The molecule has 3 N–H and O–H groups in total. The molecule has 1 atom stereocenters. The van der Waals surface area contributed by atoms with Crippen molar-refractivity contribution in [2.45, 2.75) is 31.8 Å². The molecule has 45 heavy (non-hydrogen) atoms. The fourth-order valence-electron chi connectivity index (χ4n) is 5.79. The minimum absolute atomic E-state index is 0.0166. The topological polar surface area (TPSA) is 126 Å². The first-order valence-electron chi connectivity index (χ1n) is 14.5. The molecular weight excluding hydrogens is 596 g/mol. The van der Waals surface area contributed by atoms with Crippen LogP contribution >= 0.6 is 11.6 Å². The van der Waals surface area contributed by atoms with Crippen molar-refractivity contribution in [3.63, 3.8) is 0 Å². The van der Waals surface area contributed by atoms with Crippen LogP contribution in [0.5, 0.6) is 17.2 Å². The Kier molecular flexibility index (Phi) is 8.03. The van der Waals surface area contributed by atoms with Crippen LogP contribution in [-0.2, 0) is 0 Å². The molecule has 1 aliphatic heterocycles. The summed E-state index contributed by atoms with van der Waals surface area (Å²) in [5, 5.41) is 24.3. The second-order valence-electron chi connectivity index (χ2n) is 11.6. The van der Waals surface area contributed by atoms with E-state index in [4.69, 9.17) is 21.1 Å². The summed E-state index contributed by atoms with van der Waals surface area (Å²) in [6, 6.07) is 17.2. The molecule has 3 aromatic carbocycles. The molecule has 10 nitrogen and oxygen atoms in total. The second kappa shape index (κ2) is 11.9. The average molecular weight is 629 g/mol. The first-order chi connectivity index (χ1) is 21.6. The molecule has 2 amide bonds. The number of aliphatic hydroxyl groups is 1. The second-order valence-corrected chi connectivity index (χ2v) is 11.9. The van der Waals surface area contributed by atoms with Gasteiger partial charge < -0.3 is 34.3 Å². The number of aliphatic hydroxyl groups excluding tert-OH is 1. The average Bonchev–Trinajstić information content (AvgIpc) is 3.62. The third kappa shape index (κ3) is 5.74. The number of aromatic nitrogens is 2. The minimum atomic E-state index is -0.535. The fraction of sp³-hybridized carbons (Fsp3) is 0.265. The molecule has 6 rings (SSSR count). The number of anilines is 2. The van der Waals surface area contributed by atoms with E-state index in [1.807, 2.05) is 32.0 Å². The first kappa shape index (κ1) is 30.2. The molecule has 2 aromatic heterocycles. The maximum Gasteiger partial charge on any atom is 0.278 e. The Hall–Kier alpha value is -4.80. The van der Waals surface area contributed by atoms with Gasteiger partial charge in [-0.2, -0.15) is 0 Å². The summed E-state index contributed by atoms with van der Waals surface area (Å²) in [7, 11) is 1.57. The van der Waals surface area contributed by atoms with Crippen molar-refractivity contribution in [3.8, 4) is 17.2 Å². The van der Waals surface area contributed by atoms with E-state index in [0.717, 1.165) is 10.9 Å². The van der Waals surface area contributed by atoms with E-state index in [1.165, 1.54) is 0 Å². The van der Waals surface area contributed by atoms with E-state index in [0.29, 0.717) is 52.4 Å². The number of aromatic hydroxyl groups is 1. The molecule has 0 saturated carbocycles. The number of nitrogens with one attached hydrogen (secondary N) is 1. The number of phenolic OH excluding ortho intramolecular Hbond substituents is 1. The summed E-state index contributed by atoms with van der Waals surface area (Å²) in [5.74, 6) is 0.697. The van der Waals surface area contributed by atoms with E-state index < -0.39 is 5.60 Å². The highest BCUT2D eigenvalue weighted by Crippen LogP contribution is 2.48. The lowest BCUT2D eigenvalue weighted by molar-refractivity contribution is 0.0765. The van der Waals surface area contributed by atoms with Crippen molar-refractivity contribution in [2.75, 3.05) is 36.4 Å². The first-order valence-corrected chi connectivity index (χ1v) is 15.1. The Morgan fingerprint density at radius 1 is 1.11 bits per heavy atom. The van der Waals surface area contributed by atoms with Gasteiger partial charge in [-0.3, -0.25) is 9.59 Å². The van der Waals surface area contributed by atoms with Gasteiger partial charge in [0.05, 0.1) is 18.5 Å². The Labute approximate surface area is 264 Å². The lowest BCUT2D eigenvalue weighted by Gasteiger charge is -2.25. The van der Waals surface area contributed by atoms with Crippen LogP contribution in [0.1, 0.15) is 52.6 Å². The number of pyridine rings is 1. The van der Waals surface area contributed by atoms with E-state index in [9.17, 15) is 19.8 Å². The fourth-order valence-corrected chi connectivity index (χ4v) is 6.05. The molecule has 0 saturated heterocycles. The van der Waals surface area contributed by atoms with Gasteiger partial charge in [0.2, 0.25) is 0 Å². The lowest BCUT2D eigenvalue weighted by atomic mass is 9.94. The predicted molar refractivity (Wildman–Crippen MR) is 173 cm³/mol. The van der Waals surface area contributed by atoms with Gasteiger partial charge in [0, 0.05) is 66.2 Å². The molecule has 0 aliphatic carbocycles. The standard InChI is InChI=1S/C34H33ClN4O6/c1-34(2,13-14-40)45-23-10-7-20(8-11-23)32(42)36-22-9-12-29-37-25(19-38(29)18-22)33(43)39-17-21(16-35)30-26(39)15-27(41)24-5-4-6-28(44-3)31(24)30/h4-12,15,18-19,21,40-41H,13-14,16-17H2,1-3H3,(H,36,42). The van der Waals surface area contributed by atoms with Crippen molar-refractivity contribution in [2.24, 2.45) is 0 Å². The number of benzene rings is 3. The van der Waals surface area contributed by atoms with Gasteiger partial charge in [0.25, 0.3) is 11.8 Å². The van der Waals surface area contributed by atoms with Gasteiger partial charge in [-0.1, -0.05) is 12.1 Å². The number of carbonyl (C=O) groups excluding carboxylic acids is 2. The van der Waals surface area contributed by atoms with Crippen LogP contribution in [0.3, 0.4) is 0 Å². The van der Waals surface area contributed by atoms with Crippen LogP contribution < -0.4 is 19.7 Å². The number of nitrogens with zero attached hydrogens (tertiary/aromatic N) is 3. The molecule has 11 heteroatoms. The summed E-state index contributed by atoms with van der Waals surface area (Å²) in [6.07, 6.45) is 3.78. The molecule has 0 radical (unpaired) electrons. The molecule has 0 spiro atoms. The highest BCUT2D eigenvalue weighted by atomic mass is 35.5. The Bertz CT molecular complexity index is 1920. The van der Waals surface area contributed by atoms with Gasteiger partial charge >= 0.3 is 0 Å².